The van der Waals surface area contributed by atoms with Crippen LogP contribution in [0.25, 0.3) is 11.4 Å². The zero-order valence-corrected chi connectivity index (χ0v) is 16.7. The van der Waals surface area contributed by atoms with E-state index in [1.165, 1.54) is 4.68 Å². The first-order valence-electron chi connectivity index (χ1n) is 8.58. The molecule has 7 nitrogen and oxygen atoms in total. The van der Waals surface area contributed by atoms with Gasteiger partial charge in [-0.3, -0.25) is 14.5 Å². The molecule has 3 aromatic heterocycles. The third-order valence-electron chi connectivity index (χ3n) is 4.28. The van der Waals surface area contributed by atoms with Gasteiger partial charge in [-0.25, -0.2) is 4.68 Å². The number of aromatic nitrogens is 6. The van der Waals surface area contributed by atoms with Crippen molar-refractivity contribution in [1.29, 1.82) is 0 Å². The number of hydrogen-bond acceptors (Lipinski definition) is 5. The highest BCUT2D eigenvalue weighted by molar-refractivity contribution is 9.10. The molecular weight excluding hydrogens is 396 g/mol. The smallest absolute Gasteiger partial charge is 0.268 e. The number of aryl methyl sites for hydroxylation is 4. The van der Waals surface area contributed by atoms with Gasteiger partial charge in [-0.05, 0) is 47.5 Å². The molecule has 0 N–H and O–H groups in total. The van der Waals surface area contributed by atoms with E-state index in [2.05, 4.69) is 43.2 Å². The fourth-order valence-electron chi connectivity index (χ4n) is 2.86. The van der Waals surface area contributed by atoms with E-state index in [1.54, 1.807) is 16.9 Å². The van der Waals surface area contributed by atoms with Crippen molar-refractivity contribution in [3.05, 3.63) is 56.2 Å². The Labute approximate surface area is 160 Å². The summed E-state index contributed by atoms with van der Waals surface area (Å²) in [4.78, 5) is 17.1. The zero-order chi connectivity index (χ0) is 18.7. The Morgan fingerprint density at radius 2 is 2.00 bits per heavy atom. The van der Waals surface area contributed by atoms with Gasteiger partial charge in [0.05, 0.1) is 23.6 Å². The number of nitrogens with zero attached hydrogens (tertiary/aromatic N) is 6. The van der Waals surface area contributed by atoms with Crippen LogP contribution in [0.5, 0.6) is 0 Å². The first kappa shape index (κ1) is 18.4. The maximum atomic E-state index is 12.5. The average molecular weight is 417 g/mol. The summed E-state index contributed by atoms with van der Waals surface area (Å²) in [6.07, 6.45) is 3.98. The summed E-state index contributed by atoms with van der Waals surface area (Å²) in [5.41, 5.74) is 4.10. The SMILES string of the molecule is CCCc1ccnn(CCc2c(-c3ccc(Br)c(C)n3)nnn2C)c1=O. The van der Waals surface area contributed by atoms with Crippen LogP contribution in [0.3, 0.4) is 0 Å². The van der Waals surface area contributed by atoms with Gasteiger partial charge < -0.3 is 0 Å². The highest BCUT2D eigenvalue weighted by Crippen LogP contribution is 2.23. The van der Waals surface area contributed by atoms with Gasteiger partial charge in [-0.15, -0.1) is 5.10 Å². The molecule has 0 aliphatic rings. The minimum atomic E-state index is -0.0244. The predicted octanol–water partition coefficient (Wildman–Crippen LogP) is 2.70. The molecule has 0 aliphatic heterocycles. The molecular formula is C18H21BrN6O. The van der Waals surface area contributed by atoms with Crippen molar-refractivity contribution in [1.82, 2.24) is 29.8 Å². The quantitative estimate of drug-likeness (QED) is 0.616. The Kier molecular flexibility index (Phi) is 5.61. The molecule has 0 saturated carbocycles. The Morgan fingerprint density at radius 1 is 1.19 bits per heavy atom. The van der Waals surface area contributed by atoms with Crippen LogP contribution in [0.4, 0.5) is 0 Å². The van der Waals surface area contributed by atoms with E-state index in [-0.39, 0.29) is 5.56 Å². The molecule has 0 spiro atoms. The van der Waals surface area contributed by atoms with Crippen LogP contribution in [0, 0.1) is 6.92 Å². The topological polar surface area (TPSA) is 78.5 Å². The summed E-state index contributed by atoms with van der Waals surface area (Å²) in [6.45, 7) is 4.47. The minimum absolute atomic E-state index is 0.0244. The van der Waals surface area contributed by atoms with Gasteiger partial charge in [0.15, 0.2) is 0 Å². The molecule has 0 atom stereocenters. The Hall–Kier alpha value is -2.35. The first-order chi connectivity index (χ1) is 12.5. The Morgan fingerprint density at radius 3 is 2.73 bits per heavy atom. The van der Waals surface area contributed by atoms with Crippen LogP contribution >= 0.6 is 15.9 Å². The summed E-state index contributed by atoms with van der Waals surface area (Å²) in [5.74, 6) is 0. The van der Waals surface area contributed by atoms with Crippen molar-refractivity contribution in [3.8, 4) is 11.4 Å². The second kappa shape index (κ2) is 7.90. The van der Waals surface area contributed by atoms with Crippen LogP contribution in [-0.2, 0) is 26.4 Å². The third-order valence-corrected chi connectivity index (χ3v) is 5.12. The van der Waals surface area contributed by atoms with Crippen molar-refractivity contribution in [3.63, 3.8) is 0 Å². The van der Waals surface area contributed by atoms with Crippen molar-refractivity contribution < 1.29 is 0 Å². The molecule has 3 rings (SSSR count). The lowest BCUT2D eigenvalue weighted by Crippen LogP contribution is -2.27. The minimum Gasteiger partial charge on any atom is -0.268 e. The number of rotatable bonds is 6. The predicted molar refractivity (Wildman–Crippen MR) is 103 cm³/mol. The molecule has 0 saturated heterocycles. The summed E-state index contributed by atoms with van der Waals surface area (Å²) < 4.78 is 4.20. The van der Waals surface area contributed by atoms with Crippen LogP contribution < -0.4 is 5.56 Å². The van der Waals surface area contributed by atoms with Crippen LogP contribution in [-0.4, -0.2) is 29.8 Å². The molecule has 136 valence electrons. The lowest BCUT2D eigenvalue weighted by atomic mass is 10.1. The Balaban J connectivity index is 1.88. The number of halogens is 1. The highest BCUT2D eigenvalue weighted by Gasteiger charge is 2.15. The van der Waals surface area contributed by atoms with Gasteiger partial charge in [0.25, 0.3) is 5.56 Å². The maximum absolute atomic E-state index is 12.5. The normalized spacial score (nSPS) is 11.1. The zero-order valence-electron chi connectivity index (χ0n) is 15.1. The van der Waals surface area contributed by atoms with E-state index in [4.69, 9.17) is 0 Å². The molecule has 26 heavy (non-hydrogen) atoms. The van der Waals surface area contributed by atoms with Gasteiger partial charge in [0, 0.05) is 29.7 Å². The Bertz CT molecular complexity index is 978. The van der Waals surface area contributed by atoms with Gasteiger partial charge in [-0.2, -0.15) is 5.10 Å². The van der Waals surface area contributed by atoms with Gasteiger partial charge >= 0.3 is 0 Å². The molecule has 0 radical (unpaired) electrons. The lowest BCUT2D eigenvalue weighted by molar-refractivity contribution is 0.550. The molecule has 0 fully saturated rings. The molecule has 0 unspecified atom stereocenters. The molecule has 0 bridgehead atoms. The lowest BCUT2D eigenvalue weighted by Gasteiger charge is -2.08. The summed E-state index contributed by atoms with van der Waals surface area (Å²) >= 11 is 3.46. The van der Waals surface area contributed by atoms with Crippen LogP contribution in [0.2, 0.25) is 0 Å². The number of pyridine rings is 1. The first-order valence-corrected chi connectivity index (χ1v) is 9.37. The highest BCUT2D eigenvalue weighted by atomic mass is 79.9. The molecule has 3 aromatic rings. The van der Waals surface area contributed by atoms with E-state index in [1.807, 2.05) is 26.1 Å². The van der Waals surface area contributed by atoms with E-state index >= 15 is 0 Å². The van der Waals surface area contributed by atoms with E-state index in [0.29, 0.717) is 13.0 Å². The second-order valence-corrected chi connectivity index (χ2v) is 7.01. The van der Waals surface area contributed by atoms with Gasteiger partial charge in [0.2, 0.25) is 0 Å². The molecule has 3 heterocycles. The van der Waals surface area contributed by atoms with Crippen LogP contribution in [0.1, 0.15) is 30.3 Å². The third kappa shape index (κ3) is 3.75. The second-order valence-electron chi connectivity index (χ2n) is 6.16. The standard InChI is InChI=1S/C18H21BrN6O/c1-4-5-13-8-10-20-25(18(13)26)11-9-16-17(22-23-24(16)3)15-7-6-14(19)12(2)21-15/h6-8,10H,4-5,9,11H2,1-3H3. The van der Waals surface area contributed by atoms with E-state index in [0.717, 1.165) is 45.7 Å². The van der Waals surface area contributed by atoms with Crippen molar-refractivity contribution in [2.75, 3.05) is 0 Å². The van der Waals surface area contributed by atoms with E-state index < -0.39 is 0 Å². The van der Waals surface area contributed by atoms with Crippen molar-refractivity contribution in [2.24, 2.45) is 7.05 Å². The monoisotopic (exact) mass is 416 g/mol. The summed E-state index contributed by atoms with van der Waals surface area (Å²) in [7, 11) is 1.85. The largest absolute Gasteiger partial charge is 0.269 e. The van der Waals surface area contributed by atoms with Gasteiger partial charge in [-0.1, -0.05) is 18.6 Å². The number of hydrogen-bond donors (Lipinski definition) is 0. The fourth-order valence-corrected chi connectivity index (χ4v) is 3.08. The maximum Gasteiger partial charge on any atom is 0.269 e. The summed E-state index contributed by atoms with van der Waals surface area (Å²) in [5, 5.41) is 12.6. The van der Waals surface area contributed by atoms with Crippen LogP contribution in [0.15, 0.2) is 33.7 Å². The van der Waals surface area contributed by atoms with Crippen molar-refractivity contribution in [2.45, 2.75) is 39.7 Å². The van der Waals surface area contributed by atoms with E-state index in [9.17, 15) is 4.79 Å². The molecule has 0 aliphatic carbocycles. The fraction of sp³-hybridized carbons (Fsp3) is 0.389. The summed E-state index contributed by atoms with van der Waals surface area (Å²) in [6, 6.07) is 5.67. The average Bonchev–Trinajstić information content (AvgIpc) is 2.99. The molecule has 0 amide bonds. The molecule has 0 aromatic carbocycles. The molecule has 8 heteroatoms. The van der Waals surface area contributed by atoms with Crippen molar-refractivity contribution >= 4 is 15.9 Å². The van der Waals surface area contributed by atoms with Gasteiger partial charge in [0.1, 0.15) is 5.69 Å².